The van der Waals surface area contributed by atoms with Crippen LogP contribution in [-0.4, -0.2) is 5.91 Å². The molecule has 106 valence electrons. The van der Waals surface area contributed by atoms with Gasteiger partial charge in [-0.15, -0.1) is 11.3 Å². The van der Waals surface area contributed by atoms with Crippen LogP contribution in [0.1, 0.15) is 38.6 Å². The molecule has 1 aromatic carbocycles. The Labute approximate surface area is 121 Å². The zero-order valence-corrected chi connectivity index (χ0v) is 12.3. The number of nitrogens with two attached hydrogens (primary N) is 1. The second-order valence-corrected chi connectivity index (χ2v) is 6.04. The van der Waals surface area contributed by atoms with E-state index in [-0.39, 0.29) is 11.6 Å². The molecule has 1 atom stereocenters. The van der Waals surface area contributed by atoms with E-state index in [0.717, 1.165) is 0 Å². The standard InChI is InChI=1S/C15H17FN2OS/c1-9-3-6-14(20-9)10(2)18-8-12-5-4-11(15(17)19)7-13(12)16/h3-7,10,18H,8H2,1-2H3,(H2,17,19). The van der Waals surface area contributed by atoms with Gasteiger partial charge >= 0.3 is 0 Å². The summed E-state index contributed by atoms with van der Waals surface area (Å²) in [5, 5.41) is 3.27. The minimum absolute atomic E-state index is 0.156. The Bertz CT molecular complexity index is 624. The van der Waals surface area contributed by atoms with Gasteiger partial charge in [0.15, 0.2) is 0 Å². The smallest absolute Gasteiger partial charge is 0.248 e. The Morgan fingerprint density at radius 3 is 2.70 bits per heavy atom. The summed E-state index contributed by atoms with van der Waals surface area (Å²) in [4.78, 5) is 13.4. The predicted molar refractivity (Wildman–Crippen MR) is 79.2 cm³/mol. The van der Waals surface area contributed by atoms with E-state index in [0.29, 0.717) is 12.1 Å². The van der Waals surface area contributed by atoms with E-state index in [4.69, 9.17) is 5.73 Å². The van der Waals surface area contributed by atoms with Gasteiger partial charge in [-0.3, -0.25) is 4.79 Å². The van der Waals surface area contributed by atoms with E-state index in [1.165, 1.54) is 15.8 Å². The lowest BCUT2D eigenvalue weighted by molar-refractivity contribution is 0.1000. The molecule has 2 rings (SSSR count). The van der Waals surface area contributed by atoms with Gasteiger partial charge in [-0.2, -0.15) is 0 Å². The molecule has 0 saturated heterocycles. The first-order chi connectivity index (χ1) is 9.47. The van der Waals surface area contributed by atoms with Crippen molar-refractivity contribution in [2.24, 2.45) is 5.73 Å². The minimum atomic E-state index is -0.620. The highest BCUT2D eigenvalue weighted by Gasteiger charge is 2.10. The predicted octanol–water partition coefficient (Wildman–Crippen LogP) is 3.15. The molecular formula is C15H17FN2OS. The van der Waals surface area contributed by atoms with Gasteiger partial charge in [0.1, 0.15) is 5.82 Å². The third-order valence-electron chi connectivity index (χ3n) is 3.12. The number of benzene rings is 1. The number of aryl methyl sites for hydroxylation is 1. The van der Waals surface area contributed by atoms with Crippen molar-refractivity contribution in [2.45, 2.75) is 26.4 Å². The molecule has 20 heavy (non-hydrogen) atoms. The van der Waals surface area contributed by atoms with Gasteiger partial charge in [0.05, 0.1) is 0 Å². The molecule has 1 aromatic heterocycles. The molecule has 0 aliphatic rings. The van der Waals surface area contributed by atoms with Gasteiger partial charge < -0.3 is 11.1 Å². The lowest BCUT2D eigenvalue weighted by Crippen LogP contribution is -2.18. The Balaban J connectivity index is 2.02. The maximum absolute atomic E-state index is 13.8. The highest BCUT2D eigenvalue weighted by Crippen LogP contribution is 2.22. The van der Waals surface area contributed by atoms with Crippen LogP contribution in [0.2, 0.25) is 0 Å². The van der Waals surface area contributed by atoms with Crippen molar-refractivity contribution in [2.75, 3.05) is 0 Å². The van der Waals surface area contributed by atoms with Gasteiger partial charge in [0, 0.05) is 33.5 Å². The molecule has 2 aromatic rings. The van der Waals surface area contributed by atoms with Crippen molar-refractivity contribution >= 4 is 17.2 Å². The van der Waals surface area contributed by atoms with Crippen molar-refractivity contribution in [3.8, 4) is 0 Å². The maximum Gasteiger partial charge on any atom is 0.248 e. The number of hydrogen-bond donors (Lipinski definition) is 2. The van der Waals surface area contributed by atoms with Crippen molar-refractivity contribution in [1.82, 2.24) is 5.32 Å². The molecule has 3 nitrogen and oxygen atoms in total. The first-order valence-corrected chi connectivity index (χ1v) is 7.17. The SMILES string of the molecule is Cc1ccc(C(C)NCc2ccc(C(N)=O)cc2F)s1. The molecule has 0 saturated carbocycles. The van der Waals surface area contributed by atoms with E-state index in [9.17, 15) is 9.18 Å². The molecule has 1 unspecified atom stereocenters. The number of halogens is 1. The topological polar surface area (TPSA) is 55.1 Å². The number of carbonyl (C=O) groups is 1. The molecule has 0 aliphatic carbocycles. The van der Waals surface area contributed by atoms with Crippen LogP contribution in [0.15, 0.2) is 30.3 Å². The number of thiophene rings is 1. The fraction of sp³-hybridized carbons (Fsp3) is 0.267. The zero-order chi connectivity index (χ0) is 14.7. The average Bonchev–Trinajstić information content (AvgIpc) is 2.83. The summed E-state index contributed by atoms with van der Waals surface area (Å²) >= 11 is 1.72. The number of amides is 1. The summed E-state index contributed by atoms with van der Waals surface area (Å²) in [5.74, 6) is -1.03. The lowest BCUT2D eigenvalue weighted by atomic mass is 10.1. The third-order valence-corrected chi connectivity index (χ3v) is 4.31. The van der Waals surface area contributed by atoms with Crippen LogP contribution < -0.4 is 11.1 Å². The largest absolute Gasteiger partial charge is 0.366 e. The summed E-state index contributed by atoms with van der Waals surface area (Å²) in [6, 6.07) is 8.62. The van der Waals surface area contributed by atoms with E-state index in [1.807, 2.05) is 6.92 Å². The normalized spacial score (nSPS) is 12.3. The number of hydrogen-bond acceptors (Lipinski definition) is 3. The minimum Gasteiger partial charge on any atom is -0.366 e. The van der Waals surface area contributed by atoms with E-state index >= 15 is 0 Å². The highest BCUT2D eigenvalue weighted by atomic mass is 32.1. The van der Waals surface area contributed by atoms with Gasteiger partial charge in [-0.1, -0.05) is 6.07 Å². The first kappa shape index (κ1) is 14.7. The lowest BCUT2D eigenvalue weighted by Gasteiger charge is -2.13. The van der Waals surface area contributed by atoms with Gasteiger partial charge in [0.2, 0.25) is 5.91 Å². The molecule has 1 amide bonds. The quantitative estimate of drug-likeness (QED) is 0.889. The molecule has 0 fully saturated rings. The molecule has 0 radical (unpaired) electrons. The van der Waals surface area contributed by atoms with Crippen LogP contribution in [-0.2, 0) is 6.54 Å². The van der Waals surface area contributed by atoms with E-state index < -0.39 is 11.7 Å². The van der Waals surface area contributed by atoms with Gasteiger partial charge in [-0.05, 0) is 38.1 Å². The highest BCUT2D eigenvalue weighted by molar-refractivity contribution is 7.12. The van der Waals surface area contributed by atoms with Crippen molar-refractivity contribution < 1.29 is 9.18 Å². The number of rotatable bonds is 5. The van der Waals surface area contributed by atoms with Gasteiger partial charge in [-0.25, -0.2) is 4.39 Å². The van der Waals surface area contributed by atoms with Crippen molar-refractivity contribution in [3.63, 3.8) is 0 Å². The molecule has 1 heterocycles. The summed E-state index contributed by atoms with van der Waals surface area (Å²) in [5.41, 5.74) is 5.82. The first-order valence-electron chi connectivity index (χ1n) is 6.35. The van der Waals surface area contributed by atoms with E-state index in [2.05, 4.69) is 24.4 Å². The summed E-state index contributed by atoms with van der Waals surface area (Å²) < 4.78 is 13.8. The summed E-state index contributed by atoms with van der Waals surface area (Å²) in [7, 11) is 0. The third kappa shape index (κ3) is 3.43. The molecule has 0 spiro atoms. The summed E-state index contributed by atoms with van der Waals surface area (Å²) in [6.07, 6.45) is 0. The number of primary amides is 1. The van der Waals surface area contributed by atoms with Crippen LogP contribution >= 0.6 is 11.3 Å². The fourth-order valence-corrected chi connectivity index (χ4v) is 2.80. The molecular weight excluding hydrogens is 275 g/mol. The Morgan fingerprint density at radius 1 is 1.40 bits per heavy atom. The monoisotopic (exact) mass is 292 g/mol. The molecule has 0 aliphatic heterocycles. The van der Waals surface area contributed by atoms with Crippen molar-refractivity contribution in [3.05, 3.63) is 57.0 Å². The van der Waals surface area contributed by atoms with Crippen LogP contribution in [0, 0.1) is 12.7 Å². The van der Waals surface area contributed by atoms with E-state index in [1.54, 1.807) is 23.5 Å². The maximum atomic E-state index is 13.8. The molecule has 0 bridgehead atoms. The fourth-order valence-electron chi connectivity index (χ4n) is 1.89. The Kier molecular flexibility index (Phi) is 4.52. The average molecular weight is 292 g/mol. The zero-order valence-electron chi connectivity index (χ0n) is 11.4. The van der Waals surface area contributed by atoms with Crippen LogP contribution in [0.25, 0.3) is 0 Å². The van der Waals surface area contributed by atoms with Crippen LogP contribution in [0.5, 0.6) is 0 Å². The number of carbonyl (C=O) groups excluding carboxylic acids is 1. The Morgan fingerprint density at radius 2 is 2.15 bits per heavy atom. The molecule has 3 N–H and O–H groups in total. The van der Waals surface area contributed by atoms with Crippen LogP contribution in [0.3, 0.4) is 0 Å². The number of nitrogens with one attached hydrogen (secondary N) is 1. The second-order valence-electron chi connectivity index (χ2n) is 4.72. The summed E-state index contributed by atoms with van der Waals surface area (Å²) in [6.45, 7) is 4.51. The Hall–Kier alpha value is -1.72. The van der Waals surface area contributed by atoms with Crippen molar-refractivity contribution in [1.29, 1.82) is 0 Å². The van der Waals surface area contributed by atoms with Gasteiger partial charge in [0.25, 0.3) is 0 Å². The van der Waals surface area contributed by atoms with Crippen LogP contribution in [0.4, 0.5) is 4.39 Å². The molecule has 5 heteroatoms. The second kappa shape index (κ2) is 6.15.